The molecule has 2 N–H and O–H groups in total. The third kappa shape index (κ3) is 2.96. The van der Waals surface area contributed by atoms with Crippen molar-refractivity contribution in [3.05, 3.63) is 24.0 Å². The van der Waals surface area contributed by atoms with Gasteiger partial charge in [0.2, 0.25) is 0 Å². The van der Waals surface area contributed by atoms with Crippen LogP contribution < -0.4 is 5.32 Å². The molecule has 1 fully saturated rings. The van der Waals surface area contributed by atoms with E-state index >= 15 is 0 Å². The number of pyridine rings is 1. The van der Waals surface area contributed by atoms with Gasteiger partial charge in [0.05, 0.1) is 5.69 Å². The van der Waals surface area contributed by atoms with Gasteiger partial charge in [-0.15, -0.1) is 0 Å². The summed E-state index contributed by atoms with van der Waals surface area (Å²) in [6.07, 6.45) is 6.77. The third-order valence-electron chi connectivity index (χ3n) is 3.44. The lowest BCUT2D eigenvalue weighted by Gasteiger charge is -2.13. The summed E-state index contributed by atoms with van der Waals surface area (Å²) in [5.41, 5.74) is 0.922. The number of carbonyl (C=O) groups is 1. The molecule has 0 aromatic carbocycles. The zero-order valence-corrected chi connectivity index (χ0v) is 10.0. The number of anilines is 1. The molecule has 0 spiro atoms. The van der Waals surface area contributed by atoms with Crippen LogP contribution in [0.4, 0.5) is 5.69 Å². The van der Waals surface area contributed by atoms with Gasteiger partial charge >= 0.3 is 5.97 Å². The highest BCUT2D eigenvalue weighted by atomic mass is 16.4. The summed E-state index contributed by atoms with van der Waals surface area (Å²) in [5.74, 6) is 0.540. The fourth-order valence-corrected chi connectivity index (χ4v) is 2.48. The zero-order valence-electron chi connectivity index (χ0n) is 10.0. The minimum atomic E-state index is -0.930. The van der Waals surface area contributed by atoms with Crippen LogP contribution in [0.3, 0.4) is 0 Å². The average molecular weight is 234 g/mol. The second-order valence-electron chi connectivity index (χ2n) is 4.89. The first-order valence-electron chi connectivity index (χ1n) is 6.08. The first-order valence-corrected chi connectivity index (χ1v) is 6.08. The fraction of sp³-hybridized carbons (Fsp3) is 0.538. The van der Waals surface area contributed by atoms with Crippen LogP contribution >= 0.6 is 0 Å². The Morgan fingerprint density at radius 3 is 3.06 bits per heavy atom. The highest BCUT2D eigenvalue weighted by molar-refractivity contribution is 5.93. The predicted octanol–water partition coefficient (Wildman–Crippen LogP) is 2.63. The number of carboxylic acid groups (broad SMARTS) is 1. The lowest BCUT2D eigenvalue weighted by atomic mass is 10.1. The Kier molecular flexibility index (Phi) is 3.61. The largest absolute Gasteiger partial charge is 0.478 e. The molecular weight excluding hydrogens is 216 g/mol. The van der Waals surface area contributed by atoms with E-state index in [9.17, 15) is 4.79 Å². The van der Waals surface area contributed by atoms with Crippen LogP contribution in [0.2, 0.25) is 0 Å². The van der Waals surface area contributed by atoms with Crippen molar-refractivity contribution in [3.63, 3.8) is 0 Å². The van der Waals surface area contributed by atoms with Crippen molar-refractivity contribution in [3.8, 4) is 0 Å². The highest BCUT2D eigenvalue weighted by Gasteiger charge is 2.21. The number of aromatic nitrogens is 1. The second-order valence-corrected chi connectivity index (χ2v) is 4.89. The van der Waals surface area contributed by atoms with Gasteiger partial charge in [-0.3, -0.25) is 4.98 Å². The molecule has 1 aromatic heterocycles. The van der Waals surface area contributed by atoms with Crippen LogP contribution in [-0.2, 0) is 0 Å². The van der Waals surface area contributed by atoms with E-state index in [1.54, 1.807) is 12.3 Å². The van der Waals surface area contributed by atoms with Crippen molar-refractivity contribution in [1.29, 1.82) is 0 Å². The van der Waals surface area contributed by atoms with Crippen molar-refractivity contribution in [2.24, 2.45) is 11.8 Å². The Morgan fingerprint density at radius 2 is 2.41 bits per heavy atom. The number of aromatic carboxylic acids is 1. The average Bonchev–Trinajstić information content (AvgIpc) is 2.73. The molecule has 2 atom stereocenters. The number of rotatable bonds is 4. The van der Waals surface area contributed by atoms with E-state index in [1.165, 1.54) is 25.5 Å². The maximum atomic E-state index is 11.0. The molecule has 17 heavy (non-hydrogen) atoms. The Bertz CT molecular complexity index is 406. The number of carboxylic acids is 1. The highest BCUT2D eigenvalue weighted by Crippen LogP contribution is 2.30. The van der Waals surface area contributed by atoms with Crippen LogP contribution in [0.1, 0.15) is 36.5 Å². The molecule has 0 radical (unpaired) electrons. The molecule has 92 valence electrons. The predicted molar refractivity (Wildman–Crippen MR) is 66.2 cm³/mol. The Morgan fingerprint density at radius 1 is 1.59 bits per heavy atom. The van der Waals surface area contributed by atoms with Crippen molar-refractivity contribution < 1.29 is 9.90 Å². The summed E-state index contributed by atoms with van der Waals surface area (Å²) < 4.78 is 0. The molecule has 4 nitrogen and oxygen atoms in total. The van der Waals surface area contributed by atoms with E-state index in [0.29, 0.717) is 11.6 Å². The van der Waals surface area contributed by atoms with E-state index in [4.69, 9.17) is 5.11 Å². The standard InChI is InChI=1S/C13H18N2O2/c1-9-2-3-10(6-9)7-15-12-4-5-14-8-11(12)13(16)17/h4-5,8-10H,2-3,6-7H2,1H3,(H,14,15)(H,16,17). The number of hydrogen-bond acceptors (Lipinski definition) is 3. The normalized spacial score (nSPS) is 23.6. The molecule has 0 amide bonds. The maximum Gasteiger partial charge on any atom is 0.339 e. The van der Waals surface area contributed by atoms with Crippen LogP contribution in [0.5, 0.6) is 0 Å². The van der Waals surface area contributed by atoms with E-state index in [-0.39, 0.29) is 5.56 Å². The van der Waals surface area contributed by atoms with Crippen LogP contribution in [0, 0.1) is 11.8 Å². The van der Waals surface area contributed by atoms with Crippen LogP contribution in [0.25, 0.3) is 0 Å². The van der Waals surface area contributed by atoms with E-state index < -0.39 is 5.97 Å². The van der Waals surface area contributed by atoms with E-state index in [1.807, 2.05) is 0 Å². The molecule has 4 heteroatoms. The van der Waals surface area contributed by atoms with Gasteiger partial charge in [-0.25, -0.2) is 4.79 Å². The van der Waals surface area contributed by atoms with Gasteiger partial charge in [0.25, 0.3) is 0 Å². The molecule has 1 saturated carbocycles. The van der Waals surface area contributed by atoms with Gasteiger partial charge in [-0.2, -0.15) is 0 Å². The third-order valence-corrected chi connectivity index (χ3v) is 3.44. The smallest absolute Gasteiger partial charge is 0.339 e. The SMILES string of the molecule is CC1CCC(CNc2ccncc2C(=O)O)C1. The summed E-state index contributed by atoms with van der Waals surface area (Å²) in [4.78, 5) is 14.8. The lowest BCUT2D eigenvalue weighted by molar-refractivity contribution is 0.0697. The van der Waals surface area contributed by atoms with Crippen molar-refractivity contribution >= 4 is 11.7 Å². The molecule has 1 aromatic rings. The van der Waals surface area contributed by atoms with Gasteiger partial charge in [-0.05, 0) is 30.7 Å². The zero-order chi connectivity index (χ0) is 12.3. The summed E-state index contributed by atoms with van der Waals surface area (Å²) in [6, 6.07) is 1.72. The molecule has 0 aliphatic heterocycles. The molecule has 0 saturated heterocycles. The summed E-state index contributed by atoms with van der Waals surface area (Å²) >= 11 is 0. The Balaban J connectivity index is 1.97. The van der Waals surface area contributed by atoms with Crippen LogP contribution in [0.15, 0.2) is 18.5 Å². The monoisotopic (exact) mass is 234 g/mol. The number of hydrogen-bond donors (Lipinski definition) is 2. The molecular formula is C13H18N2O2. The minimum absolute atomic E-state index is 0.249. The van der Waals surface area contributed by atoms with Gasteiger partial charge in [0.1, 0.15) is 5.56 Å². The number of nitrogens with zero attached hydrogens (tertiary/aromatic N) is 1. The van der Waals surface area contributed by atoms with Gasteiger partial charge in [0.15, 0.2) is 0 Å². The first kappa shape index (κ1) is 11.9. The molecule has 2 unspecified atom stereocenters. The summed E-state index contributed by atoms with van der Waals surface area (Å²) in [6.45, 7) is 3.13. The summed E-state index contributed by atoms with van der Waals surface area (Å²) in [5, 5.41) is 12.3. The Hall–Kier alpha value is -1.58. The molecule has 1 aliphatic carbocycles. The van der Waals surface area contributed by atoms with Gasteiger partial charge in [-0.1, -0.05) is 13.3 Å². The molecule has 1 heterocycles. The lowest BCUT2D eigenvalue weighted by Crippen LogP contribution is -2.14. The second kappa shape index (κ2) is 5.17. The van der Waals surface area contributed by atoms with E-state index in [2.05, 4.69) is 17.2 Å². The summed E-state index contributed by atoms with van der Waals surface area (Å²) in [7, 11) is 0. The molecule has 1 aliphatic rings. The van der Waals surface area contributed by atoms with Gasteiger partial charge < -0.3 is 10.4 Å². The van der Waals surface area contributed by atoms with Crippen molar-refractivity contribution in [2.75, 3.05) is 11.9 Å². The molecule has 2 rings (SSSR count). The quantitative estimate of drug-likeness (QED) is 0.840. The van der Waals surface area contributed by atoms with Gasteiger partial charge in [0, 0.05) is 18.9 Å². The van der Waals surface area contributed by atoms with Crippen molar-refractivity contribution in [2.45, 2.75) is 26.2 Å². The minimum Gasteiger partial charge on any atom is -0.478 e. The van der Waals surface area contributed by atoms with Crippen molar-refractivity contribution in [1.82, 2.24) is 4.98 Å². The number of nitrogens with one attached hydrogen (secondary N) is 1. The van der Waals surface area contributed by atoms with Crippen LogP contribution in [-0.4, -0.2) is 22.6 Å². The first-order chi connectivity index (χ1) is 8.16. The maximum absolute atomic E-state index is 11.0. The topological polar surface area (TPSA) is 62.2 Å². The van der Waals surface area contributed by atoms with E-state index in [0.717, 1.165) is 12.5 Å². The fourth-order valence-electron chi connectivity index (χ4n) is 2.48. The Labute approximate surface area is 101 Å². The molecule has 0 bridgehead atoms.